The van der Waals surface area contributed by atoms with E-state index in [1.807, 2.05) is 26.0 Å². The molecule has 2 amide bonds. The molecule has 10 nitrogen and oxygen atoms in total. The van der Waals surface area contributed by atoms with E-state index >= 15 is 0 Å². The predicted octanol–water partition coefficient (Wildman–Crippen LogP) is 3.13. The Balaban J connectivity index is 1.64. The van der Waals surface area contributed by atoms with Crippen LogP contribution in [0.1, 0.15) is 27.3 Å². The second kappa shape index (κ2) is 9.92. The maximum atomic E-state index is 12.4. The number of hydrogen-bond acceptors (Lipinski definition) is 6. The van der Waals surface area contributed by atoms with Crippen molar-refractivity contribution in [2.75, 3.05) is 5.32 Å². The summed E-state index contributed by atoms with van der Waals surface area (Å²) < 4.78 is 1.50. The van der Waals surface area contributed by atoms with Gasteiger partial charge in [0.1, 0.15) is 12.2 Å². The molecular weight excluding hydrogens is 436 g/mol. The molecule has 3 rings (SSSR count). The summed E-state index contributed by atoms with van der Waals surface area (Å²) in [5, 5.41) is 19.2. The Morgan fingerprint density at radius 1 is 1.12 bits per heavy atom. The molecule has 0 spiro atoms. The number of nitro groups is 1. The second-order valence-electron chi connectivity index (χ2n) is 7.02. The Bertz CT molecular complexity index is 1180. The Labute approximate surface area is 188 Å². The molecule has 0 aliphatic heterocycles. The first kappa shape index (κ1) is 22.8. The summed E-state index contributed by atoms with van der Waals surface area (Å²) in [6.07, 6.45) is 0. The predicted molar refractivity (Wildman–Crippen MR) is 119 cm³/mol. The van der Waals surface area contributed by atoms with Crippen LogP contribution in [-0.2, 0) is 17.9 Å². The van der Waals surface area contributed by atoms with Crippen LogP contribution in [0.3, 0.4) is 0 Å². The molecule has 0 saturated carbocycles. The lowest BCUT2D eigenvalue weighted by atomic mass is 10.1. The molecule has 32 heavy (non-hydrogen) atoms. The Morgan fingerprint density at radius 3 is 2.53 bits per heavy atom. The number of hydrogen-bond donors (Lipinski definition) is 3. The number of aryl methyl sites for hydroxylation is 2. The van der Waals surface area contributed by atoms with Gasteiger partial charge in [0.05, 0.1) is 10.6 Å². The average molecular weight is 457 g/mol. The van der Waals surface area contributed by atoms with Gasteiger partial charge in [0.2, 0.25) is 0 Å². The molecule has 1 aromatic heterocycles. The van der Waals surface area contributed by atoms with Crippen LogP contribution in [0.5, 0.6) is 0 Å². The van der Waals surface area contributed by atoms with Crippen LogP contribution in [0.4, 0.5) is 11.4 Å². The zero-order chi connectivity index (χ0) is 23.3. The van der Waals surface area contributed by atoms with E-state index in [0.717, 1.165) is 23.0 Å². The highest BCUT2D eigenvalue weighted by atomic mass is 35.5. The molecule has 0 fully saturated rings. The number of nitrogens with one attached hydrogen (secondary N) is 3. The number of rotatable bonds is 7. The van der Waals surface area contributed by atoms with E-state index in [-0.39, 0.29) is 30.0 Å². The van der Waals surface area contributed by atoms with Crippen LogP contribution < -0.4 is 16.2 Å². The summed E-state index contributed by atoms with van der Waals surface area (Å²) in [6.45, 7) is 3.81. The van der Waals surface area contributed by atoms with E-state index in [1.165, 1.54) is 16.8 Å². The van der Waals surface area contributed by atoms with Gasteiger partial charge in [0, 0.05) is 28.9 Å². The van der Waals surface area contributed by atoms with Gasteiger partial charge in [0.15, 0.2) is 0 Å². The molecule has 0 radical (unpaired) electrons. The summed E-state index contributed by atoms with van der Waals surface area (Å²) in [7, 11) is 0. The van der Waals surface area contributed by atoms with E-state index in [9.17, 15) is 19.7 Å². The third kappa shape index (κ3) is 5.61. The average Bonchev–Trinajstić information content (AvgIpc) is 3.07. The fraction of sp³-hybridized carbons (Fsp3) is 0.190. The van der Waals surface area contributed by atoms with E-state index in [2.05, 4.69) is 21.3 Å². The zero-order valence-electron chi connectivity index (χ0n) is 17.4. The van der Waals surface area contributed by atoms with E-state index < -0.39 is 16.7 Å². The minimum absolute atomic E-state index is 0.0198. The number of halogens is 1. The summed E-state index contributed by atoms with van der Waals surface area (Å²) in [6, 6.07) is 12.9. The second-order valence-corrected chi connectivity index (χ2v) is 7.43. The lowest BCUT2D eigenvalue weighted by Gasteiger charge is -2.11. The lowest BCUT2D eigenvalue weighted by molar-refractivity contribution is -0.384. The molecule has 11 heteroatoms. The number of carbonyl (C=O) groups is 2. The van der Waals surface area contributed by atoms with Crippen molar-refractivity contribution >= 4 is 34.8 Å². The van der Waals surface area contributed by atoms with E-state index in [0.29, 0.717) is 5.02 Å². The fourth-order valence-corrected chi connectivity index (χ4v) is 3.22. The molecule has 166 valence electrons. The monoisotopic (exact) mass is 456 g/mol. The van der Waals surface area contributed by atoms with Crippen LogP contribution in [0.15, 0.2) is 48.5 Å². The molecule has 3 N–H and O–H groups in total. The van der Waals surface area contributed by atoms with Crippen LogP contribution in [0.2, 0.25) is 5.02 Å². The number of nitrogens with zero attached hydrogens (tertiary/aromatic N) is 3. The quantitative estimate of drug-likeness (QED) is 0.369. The Kier molecular flexibility index (Phi) is 7.06. The summed E-state index contributed by atoms with van der Waals surface area (Å²) in [5.41, 5.74) is 6.87. The largest absolute Gasteiger partial charge is 0.375 e. The first-order valence-corrected chi connectivity index (χ1v) is 9.98. The van der Waals surface area contributed by atoms with Crippen molar-refractivity contribution in [1.82, 2.24) is 20.6 Å². The maximum absolute atomic E-state index is 12.4. The number of hydrazine groups is 1. The molecule has 3 aromatic rings. The van der Waals surface area contributed by atoms with Crippen LogP contribution in [0, 0.1) is 24.0 Å². The van der Waals surface area contributed by atoms with Gasteiger partial charge in [-0.3, -0.25) is 35.2 Å². The van der Waals surface area contributed by atoms with Gasteiger partial charge in [-0.25, -0.2) is 0 Å². The lowest BCUT2D eigenvalue weighted by Crippen LogP contribution is -2.43. The van der Waals surface area contributed by atoms with Gasteiger partial charge < -0.3 is 5.32 Å². The minimum Gasteiger partial charge on any atom is -0.375 e. The molecule has 0 unspecified atom stereocenters. The van der Waals surface area contributed by atoms with Gasteiger partial charge in [-0.2, -0.15) is 5.10 Å². The number of aromatic nitrogens is 2. The summed E-state index contributed by atoms with van der Waals surface area (Å²) >= 11 is 6.11. The fourth-order valence-electron chi connectivity index (χ4n) is 3.01. The summed E-state index contributed by atoms with van der Waals surface area (Å²) in [4.78, 5) is 35.4. The zero-order valence-corrected chi connectivity index (χ0v) is 18.1. The van der Waals surface area contributed by atoms with Crippen molar-refractivity contribution in [2.24, 2.45) is 0 Å². The molecule has 0 bridgehead atoms. The van der Waals surface area contributed by atoms with Gasteiger partial charge in [-0.1, -0.05) is 29.8 Å². The van der Waals surface area contributed by atoms with Crippen molar-refractivity contribution < 1.29 is 14.5 Å². The van der Waals surface area contributed by atoms with Gasteiger partial charge >= 0.3 is 0 Å². The molecular formula is C21H21ClN6O4. The Morgan fingerprint density at radius 2 is 1.88 bits per heavy atom. The molecule has 2 aromatic carbocycles. The highest BCUT2D eigenvalue weighted by molar-refractivity contribution is 6.31. The molecule has 0 aliphatic carbocycles. The minimum atomic E-state index is -0.688. The van der Waals surface area contributed by atoms with Gasteiger partial charge in [0.25, 0.3) is 17.5 Å². The van der Waals surface area contributed by atoms with Crippen LogP contribution in [-0.4, -0.2) is 26.5 Å². The van der Waals surface area contributed by atoms with E-state index in [4.69, 9.17) is 11.6 Å². The van der Waals surface area contributed by atoms with Gasteiger partial charge in [-0.05, 0) is 43.7 Å². The standard InChI is InChI=1S/C21H21ClN6O4/c1-13-9-14(2)27(26-13)12-20(29)24-25-21(30)15-7-8-18(19(10-15)28(31)32)23-11-16-5-3-4-6-17(16)22/h3-10,23H,11-12H2,1-2H3,(H,24,29)(H,25,30). The number of anilines is 1. The molecule has 0 aliphatic rings. The summed E-state index contributed by atoms with van der Waals surface area (Å²) in [5.74, 6) is -1.18. The van der Waals surface area contributed by atoms with Crippen molar-refractivity contribution in [1.29, 1.82) is 0 Å². The topological polar surface area (TPSA) is 131 Å². The van der Waals surface area contributed by atoms with E-state index in [1.54, 1.807) is 18.2 Å². The smallest absolute Gasteiger partial charge is 0.293 e. The van der Waals surface area contributed by atoms with Gasteiger partial charge in [-0.15, -0.1) is 0 Å². The highest BCUT2D eigenvalue weighted by Gasteiger charge is 2.18. The van der Waals surface area contributed by atoms with Crippen molar-refractivity contribution in [3.8, 4) is 0 Å². The molecule has 0 saturated heterocycles. The van der Waals surface area contributed by atoms with Crippen molar-refractivity contribution in [2.45, 2.75) is 26.9 Å². The third-order valence-electron chi connectivity index (χ3n) is 4.60. The van der Waals surface area contributed by atoms with Crippen LogP contribution in [0.25, 0.3) is 0 Å². The van der Waals surface area contributed by atoms with Crippen molar-refractivity contribution in [3.63, 3.8) is 0 Å². The maximum Gasteiger partial charge on any atom is 0.293 e. The van der Waals surface area contributed by atoms with Crippen LogP contribution >= 0.6 is 11.6 Å². The molecule has 0 atom stereocenters. The molecule has 1 heterocycles. The first-order valence-electron chi connectivity index (χ1n) is 9.60. The first-order chi connectivity index (χ1) is 15.2. The highest BCUT2D eigenvalue weighted by Crippen LogP contribution is 2.27. The SMILES string of the molecule is Cc1cc(C)n(CC(=O)NNC(=O)c2ccc(NCc3ccccc3Cl)c([N+](=O)[O-])c2)n1. The van der Waals surface area contributed by atoms with Crippen molar-refractivity contribution in [3.05, 3.63) is 86.2 Å². The number of amides is 2. The third-order valence-corrected chi connectivity index (χ3v) is 4.96. The Hall–Kier alpha value is -3.92. The number of benzene rings is 2. The number of carbonyl (C=O) groups excluding carboxylic acids is 2. The normalized spacial score (nSPS) is 10.5. The number of nitro benzene ring substituents is 1.